The maximum atomic E-state index is 13.1. The molecule has 1 aromatic heterocycles. The fourth-order valence-electron chi connectivity index (χ4n) is 3.58. The van der Waals surface area contributed by atoms with E-state index in [0.717, 1.165) is 12.2 Å². The summed E-state index contributed by atoms with van der Waals surface area (Å²) in [5.41, 5.74) is -3.31. The van der Waals surface area contributed by atoms with Crippen LogP contribution in [0.1, 0.15) is 49.5 Å². The van der Waals surface area contributed by atoms with Crippen LogP contribution >= 0.6 is 0 Å². The first-order valence-corrected chi connectivity index (χ1v) is 10.2. The first-order valence-electron chi connectivity index (χ1n) is 10.2. The molecular weight excluding hydrogens is 436 g/mol. The minimum absolute atomic E-state index is 0.120. The number of hydrogen-bond donors (Lipinski definition) is 2. The molecule has 3 unspecified atom stereocenters. The van der Waals surface area contributed by atoms with E-state index in [-0.39, 0.29) is 24.3 Å². The number of piperidine rings is 1. The third-order valence-electron chi connectivity index (χ3n) is 5.57. The molecule has 1 aliphatic rings. The van der Waals surface area contributed by atoms with Crippen molar-refractivity contribution in [2.45, 2.75) is 56.7 Å². The van der Waals surface area contributed by atoms with E-state index < -0.39 is 35.1 Å². The van der Waals surface area contributed by atoms with Crippen LogP contribution in [-0.2, 0) is 17.1 Å². The summed E-state index contributed by atoms with van der Waals surface area (Å²) < 4.78 is 84.3. The Hall–Kier alpha value is -2.33. The van der Waals surface area contributed by atoms with Gasteiger partial charge in [-0.05, 0) is 62.6 Å². The van der Waals surface area contributed by atoms with Gasteiger partial charge in [0.2, 0.25) is 0 Å². The lowest BCUT2D eigenvalue weighted by atomic mass is 9.89. The molecule has 0 bridgehead atoms. The van der Waals surface area contributed by atoms with Crippen LogP contribution in [0.4, 0.5) is 32.2 Å². The van der Waals surface area contributed by atoms with Gasteiger partial charge >= 0.3 is 12.4 Å². The third kappa shape index (κ3) is 6.35. The van der Waals surface area contributed by atoms with Crippen molar-refractivity contribution in [2.24, 2.45) is 0 Å². The van der Waals surface area contributed by atoms with E-state index in [1.165, 1.54) is 6.92 Å². The van der Waals surface area contributed by atoms with Crippen LogP contribution in [0.2, 0.25) is 0 Å². The van der Waals surface area contributed by atoms with E-state index in [0.29, 0.717) is 25.1 Å². The predicted octanol–water partition coefficient (Wildman–Crippen LogP) is 5.82. The van der Waals surface area contributed by atoms with Gasteiger partial charge in [-0.25, -0.2) is 4.98 Å². The number of benzene rings is 1. The van der Waals surface area contributed by atoms with Crippen molar-refractivity contribution < 1.29 is 31.1 Å². The van der Waals surface area contributed by atoms with Gasteiger partial charge in [-0.15, -0.1) is 0 Å². The third-order valence-corrected chi connectivity index (χ3v) is 5.57. The van der Waals surface area contributed by atoms with Gasteiger partial charge in [0.25, 0.3) is 0 Å². The second kappa shape index (κ2) is 9.27. The average molecular weight is 461 g/mol. The van der Waals surface area contributed by atoms with Crippen molar-refractivity contribution in [3.63, 3.8) is 0 Å². The quantitative estimate of drug-likeness (QED) is 0.533. The molecule has 32 heavy (non-hydrogen) atoms. The first-order chi connectivity index (χ1) is 14.9. The molecule has 1 aromatic carbocycles. The summed E-state index contributed by atoms with van der Waals surface area (Å²) in [4.78, 5) is 4.23. The number of anilines is 1. The molecule has 0 spiro atoms. The Bertz CT molecular complexity index is 861. The first kappa shape index (κ1) is 24.3. The number of ether oxygens (including phenoxy) is 1. The zero-order valence-corrected chi connectivity index (χ0v) is 17.6. The Morgan fingerprint density at radius 3 is 2.28 bits per heavy atom. The highest BCUT2D eigenvalue weighted by Gasteiger charge is 2.38. The van der Waals surface area contributed by atoms with Crippen LogP contribution in [0.5, 0.6) is 0 Å². The molecule has 2 aromatic rings. The molecule has 10 heteroatoms. The van der Waals surface area contributed by atoms with E-state index in [4.69, 9.17) is 4.74 Å². The number of pyridine rings is 1. The normalized spacial score (nSPS) is 23.1. The molecular formula is C22H25F6N3O. The van der Waals surface area contributed by atoms with Gasteiger partial charge in [0.05, 0.1) is 23.8 Å². The monoisotopic (exact) mass is 461 g/mol. The van der Waals surface area contributed by atoms with Crippen molar-refractivity contribution in [1.82, 2.24) is 10.3 Å². The highest BCUT2D eigenvalue weighted by atomic mass is 19.4. The number of rotatable bonds is 6. The van der Waals surface area contributed by atoms with Crippen LogP contribution in [-0.4, -0.2) is 29.7 Å². The molecule has 3 atom stereocenters. The fraction of sp³-hybridized carbons (Fsp3) is 0.500. The molecule has 1 fully saturated rings. The van der Waals surface area contributed by atoms with Crippen molar-refractivity contribution in [1.29, 1.82) is 0 Å². The minimum atomic E-state index is -4.89. The summed E-state index contributed by atoms with van der Waals surface area (Å²) in [6.07, 6.45) is -7.51. The SMILES string of the molecule is CC(OCC1(C)CCC(Nc2ccccn2)CN1)c1cc(C(F)(F)F)cc(C(F)(F)F)c1. The Kier molecular flexibility index (Phi) is 7.04. The lowest BCUT2D eigenvalue weighted by Crippen LogP contribution is -2.55. The van der Waals surface area contributed by atoms with Crippen LogP contribution in [0, 0.1) is 0 Å². The predicted molar refractivity (Wildman–Crippen MR) is 108 cm³/mol. The van der Waals surface area contributed by atoms with Crippen LogP contribution in [0.15, 0.2) is 42.6 Å². The van der Waals surface area contributed by atoms with Crippen LogP contribution in [0.3, 0.4) is 0 Å². The number of aromatic nitrogens is 1. The lowest BCUT2D eigenvalue weighted by Gasteiger charge is -2.39. The summed E-state index contributed by atoms with van der Waals surface area (Å²) in [6, 6.07) is 7.25. The topological polar surface area (TPSA) is 46.2 Å². The molecule has 2 N–H and O–H groups in total. The molecule has 1 saturated heterocycles. The summed E-state index contributed by atoms with van der Waals surface area (Å²) in [5, 5.41) is 6.69. The average Bonchev–Trinajstić information content (AvgIpc) is 2.73. The highest BCUT2D eigenvalue weighted by molar-refractivity contribution is 5.35. The zero-order chi connectivity index (χ0) is 23.6. The van der Waals surface area contributed by atoms with Crippen molar-refractivity contribution in [3.05, 3.63) is 59.3 Å². The molecule has 176 valence electrons. The highest BCUT2D eigenvalue weighted by Crippen LogP contribution is 2.38. The summed E-state index contributed by atoms with van der Waals surface area (Å²) in [7, 11) is 0. The number of alkyl halides is 6. The van der Waals surface area contributed by atoms with Gasteiger partial charge in [-0.2, -0.15) is 26.3 Å². The molecule has 0 aliphatic carbocycles. The van der Waals surface area contributed by atoms with E-state index in [1.54, 1.807) is 6.20 Å². The van der Waals surface area contributed by atoms with Crippen LogP contribution < -0.4 is 10.6 Å². The molecule has 2 heterocycles. The largest absolute Gasteiger partial charge is 0.416 e. The van der Waals surface area contributed by atoms with Gasteiger partial charge in [-0.3, -0.25) is 0 Å². The van der Waals surface area contributed by atoms with Crippen molar-refractivity contribution in [2.75, 3.05) is 18.5 Å². The van der Waals surface area contributed by atoms with Crippen molar-refractivity contribution >= 4 is 5.82 Å². The summed E-state index contributed by atoms with van der Waals surface area (Å²) in [6.45, 7) is 4.13. The van der Waals surface area contributed by atoms with E-state index in [9.17, 15) is 26.3 Å². The lowest BCUT2D eigenvalue weighted by molar-refractivity contribution is -0.143. The summed E-state index contributed by atoms with van der Waals surface area (Å²) in [5.74, 6) is 0.762. The Labute approximate surface area is 182 Å². The Morgan fingerprint density at radius 2 is 1.78 bits per heavy atom. The number of nitrogens with zero attached hydrogens (tertiary/aromatic N) is 1. The van der Waals surface area contributed by atoms with Gasteiger partial charge < -0.3 is 15.4 Å². The number of nitrogens with one attached hydrogen (secondary N) is 2. The molecule has 4 nitrogen and oxygen atoms in total. The van der Waals surface area contributed by atoms with Gasteiger partial charge in [0.15, 0.2) is 0 Å². The summed E-state index contributed by atoms with van der Waals surface area (Å²) >= 11 is 0. The molecule has 1 aliphatic heterocycles. The van der Waals surface area contributed by atoms with Gasteiger partial charge in [-0.1, -0.05) is 6.07 Å². The van der Waals surface area contributed by atoms with Gasteiger partial charge in [0.1, 0.15) is 5.82 Å². The Morgan fingerprint density at radius 1 is 1.12 bits per heavy atom. The second-order valence-electron chi connectivity index (χ2n) is 8.33. The van der Waals surface area contributed by atoms with E-state index >= 15 is 0 Å². The molecule has 0 amide bonds. The fourth-order valence-corrected chi connectivity index (χ4v) is 3.58. The molecule has 3 rings (SSSR count). The molecule has 0 saturated carbocycles. The van der Waals surface area contributed by atoms with Crippen LogP contribution in [0.25, 0.3) is 0 Å². The minimum Gasteiger partial charge on any atom is -0.372 e. The molecule has 0 radical (unpaired) electrons. The van der Waals surface area contributed by atoms with Gasteiger partial charge in [0, 0.05) is 24.3 Å². The van der Waals surface area contributed by atoms with Crippen molar-refractivity contribution in [3.8, 4) is 0 Å². The maximum Gasteiger partial charge on any atom is 0.416 e. The smallest absolute Gasteiger partial charge is 0.372 e. The number of hydrogen-bond acceptors (Lipinski definition) is 4. The second-order valence-corrected chi connectivity index (χ2v) is 8.33. The Balaban J connectivity index is 1.62. The number of halogens is 6. The standard InChI is InChI=1S/C22H25F6N3O/c1-14(15-9-16(21(23,24)25)11-17(10-15)22(26,27)28)32-13-20(2)7-6-18(12-30-20)31-19-5-3-4-8-29-19/h3-5,8-11,14,18,30H,6-7,12-13H2,1-2H3,(H,29,31). The van der Waals surface area contributed by atoms with E-state index in [2.05, 4.69) is 15.6 Å². The maximum absolute atomic E-state index is 13.1. The van der Waals surface area contributed by atoms with E-state index in [1.807, 2.05) is 25.1 Å². The zero-order valence-electron chi connectivity index (χ0n) is 17.6.